The maximum absolute atomic E-state index is 5.49. The minimum absolute atomic E-state index is 0.817. The largest absolute Gasteiger partial charge is 0.379 e. The second-order valence-corrected chi connectivity index (χ2v) is 10.0. The quantitative estimate of drug-likeness (QED) is 0.520. The number of hydrogen-bond donors (Lipinski definition) is 0. The van der Waals surface area contributed by atoms with Crippen molar-refractivity contribution in [3.05, 3.63) is 38.6 Å². The first-order valence-corrected chi connectivity index (χ1v) is 12.4. The fourth-order valence-electron chi connectivity index (χ4n) is 5.12. The predicted molar refractivity (Wildman–Crippen MR) is 121 cm³/mol. The Morgan fingerprint density at radius 3 is 2.54 bits per heavy atom. The van der Waals surface area contributed by atoms with E-state index in [0.717, 1.165) is 32.2 Å². The molecule has 2 saturated carbocycles. The molecule has 3 fully saturated rings. The SMILES string of the molecule is CC(C)=C(C(=C1CC1)C1CCCCC1)c1ccsc1CCCN1CCOCC1. The summed E-state index contributed by atoms with van der Waals surface area (Å²) in [5.41, 5.74) is 8.25. The zero-order valence-electron chi connectivity index (χ0n) is 17.9. The first-order valence-electron chi connectivity index (χ1n) is 11.5. The van der Waals surface area contributed by atoms with E-state index in [4.69, 9.17) is 4.74 Å². The van der Waals surface area contributed by atoms with Crippen LogP contribution in [-0.2, 0) is 11.2 Å². The van der Waals surface area contributed by atoms with E-state index in [-0.39, 0.29) is 0 Å². The summed E-state index contributed by atoms with van der Waals surface area (Å²) in [7, 11) is 0. The lowest BCUT2D eigenvalue weighted by Gasteiger charge is -2.28. The minimum Gasteiger partial charge on any atom is -0.379 e. The smallest absolute Gasteiger partial charge is 0.0594 e. The van der Waals surface area contributed by atoms with Crippen LogP contribution in [0.5, 0.6) is 0 Å². The highest BCUT2D eigenvalue weighted by Crippen LogP contribution is 2.48. The van der Waals surface area contributed by atoms with Crippen molar-refractivity contribution >= 4 is 16.9 Å². The van der Waals surface area contributed by atoms with E-state index in [1.165, 1.54) is 69.9 Å². The molecule has 1 saturated heterocycles. The van der Waals surface area contributed by atoms with Crippen molar-refractivity contribution in [3.63, 3.8) is 0 Å². The third kappa shape index (κ3) is 4.98. The molecule has 2 heterocycles. The molecule has 2 aliphatic carbocycles. The Labute approximate surface area is 175 Å². The highest BCUT2D eigenvalue weighted by atomic mass is 32.1. The molecule has 3 heteroatoms. The molecule has 1 aromatic rings. The highest BCUT2D eigenvalue weighted by Gasteiger charge is 2.30. The third-order valence-electron chi connectivity index (χ3n) is 6.66. The number of allylic oxidation sites excluding steroid dienone is 4. The summed E-state index contributed by atoms with van der Waals surface area (Å²) in [5, 5.41) is 2.33. The normalized spacial score (nSPS) is 21.0. The van der Waals surface area contributed by atoms with Crippen LogP contribution in [0.25, 0.3) is 5.57 Å². The summed E-state index contributed by atoms with van der Waals surface area (Å²) < 4.78 is 5.49. The van der Waals surface area contributed by atoms with Gasteiger partial charge in [0.25, 0.3) is 0 Å². The first-order chi connectivity index (χ1) is 13.7. The van der Waals surface area contributed by atoms with Gasteiger partial charge in [-0.1, -0.05) is 30.4 Å². The fourth-order valence-corrected chi connectivity index (χ4v) is 6.05. The number of morpholine rings is 1. The van der Waals surface area contributed by atoms with Gasteiger partial charge in [0, 0.05) is 18.0 Å². The molecule has 2 nitrogen and oxygen atoms in total. The number of aryl methyl sites for hydroxylation is 1. The molecule has 0 bridgehead atoms. The lowest BCUT2D eigenvalue weighted by Crippen LogP contribution is -2.36. The number of rotatable bonds is 7. The van der Waals surface area contributed by atoms with E-state index >= 15 is 0 Å². The standard InChI is InChI=1S/C25H37NOS/c1-19(2)24(25(21-10-11-21)20-7-4-3-5-8-20)22-12-18-28-23(22)9-6-13-26-14-16-27-17-15-26/h12,18,20H,3-11,13-17H2,1-2H3. The van der Waals surface area contributed by atoms with E-state index in [9.17, 15) is 0 Å². The topological polar surface area (TPSA) is 12.5 Å². The Morgan fingerprint density at radius 2 is 1.86 bits per heavy atom. The second kappa shape index (κ2) is 9.73. The van der Waals surface area contributed by atoms with Gasteiger partial charge in [0.15, 0.2) is 0 Å². The molecule has 28 heavy (non-hydrogen) atoms. The van der Waals surface area contributed by atoms with Crippen molar-refractivity contribution in [2.24, 2.45) is 5.92 Å². The summed E-state index contributed by atoms with van der Waals surface area (Å²) in [4.78, 5) is 4.18. The molecule has 0 amide bonds. The molecule has 1 aliphatic heterocycles. The van der Waals surface area contributed by atoms with Crippen LogP contribution in [-0.4, -0.2) is 37.7 Å². The van der Waals surface area contributed by atoms with Crippen LogP contribution in [0, 0.1) is 5.92 Å². The zero-order valence-corrected chi connectivity index (χ0v) is 18.7. The Hall–Kier alpha value is -0.900. The molecule has 4 rings (SSSR count). The maximum atomic E-state index is 5.49. The molecule has 1 aromatic heterocycles. The molecule has 0 N–H and O–H groups in total. The van der Waals surface area contributed by atoms with Crippen LogP contribution >= 0.6 is 11.3 Å². The van der Waals surface area contributed by atoms with Gasteiger partial charge in [-0.2, -0.15) is 0 Å². The van der Waals surface area contributed by atoms with E-state index in [1.807, 2.05) is 11.3 Å². The number of nitrogens with zero attached hydrogens (tertiary/aromatic N) is 1. The van der Waals surface area contributed by atoms with Gasteiger partial charge < -0.3 is 4.74 Å². The lowest BCUT2D eigenvalue weighted by molar-refractivity contribution is 0.0375. The monoisotopic (exact) mass is 399 g/mol. The predicted octanol–water partition coefficient (Wildman–Crippen LogP) is 6.48. The van der Waals surface area contributed by atoms with Gasteiger partial charge in [-0.3, -0.25) is 4.90 Å². The van der Waals surface area contributed by atoms with Gasteiger partial charge in [0.1, 0.15) is 0 Å². The van der Waals surface area contributed by atoms with Crippen molar-refractivity contribution < 1.29 is 4.74 Å². The van der Waals surface area contributed by atoms with Gasteiger partial charge in [-0.15, -0.1) is 11.3 Å². The molecule has 3 aliphatic rings. The summed E-state index contributed by atoms with van der Waals surface area (Å²) in [6.45, 7) is 9.92. The molecule has 154 valence electrons. The Balaban J connectivity index is 1.50. The average molecular weight is 400 g/mol. The number of ether oxygens (including phenoxy) is 1. The zero-order chi connectivity index (χ0) is 19.3. The molecule has 0 radical (unpaired) electrons. The van der Waals surface area contributed by atoms with Crippen molar-refractivity contribution in [3.8, 4) is 0 Å². The summed E-state index contributed by atoms with van der Waals surface area (Å²) >= 11 is 1.98. The van der Waals surface area contributed by atoms with Crippen LogP contribution in [0.2, 0.25) is 0 Å². The van der Waals surface area contributed by atoms with E-state index in [0.29, 0.717) is 0 Å². The Bertz CT molecular complexity index is 707. The summed E-state index contributed by atoms with van der Waals surface area (Å²) in [6, 6.07) is 2.42. The molecule has 0 atom stereocenters. The van der Waals surface area contributed by atoms with Gasteiger partial charge in [0.2, 0.25) is 0 Å². The summed E-state index contributed by atoms with van der Waals surface area (Å²) in [6.07, 6.45) is 12.3. The second-order valence-electron chi connectivity index (χ2n) is 9.04. The van der Waals surface area contributed by atoms with Crippen LogP contribution in [0.1, 0.15) is 75.7 Å². The Morgan fingerprint density at radius 1 is 1.11 bits per heavy atom. The molecular formula is C25H37NOS. The van der Waals surface area contributed by atoms with Gasteiger partial charge >= 0.3 is 0 Å². The molecular weight excluding hydrogens is 362 g/mol. The van der Waals surface area contributed by atoms with Crippen LogP contribution < -0.4 is 0 Å². The van der Waals surface area contributed by atoms with Gasteiger partial charge in [-0.25, -0.2) is 0 Å². The van der Waals surface area contributed by atoms with E-state index < -0.39 is 0 Å². The van der Waals surface area contributed by atoms with Crippen molar-refractivity contribution in [2.75, 3.05) is 32.8 Å². The number of thiophene rings is 1. The van der Waals surface area contributed by atoms with Gasteiger partial charge in [0.05, 0.1) is 13.2 Å². The van der Waals surface area contributed by atoms with Gasteiger partial charge in [-0.05, 0) is 93.0 Å². The van der Waals surface area contributed by atoms with Crippen molar-refractivity contribution in [1.29, 1.82) is 0 Å². The fraction of sp³-hybridized carbons (Fsp3) is 0.680. The first kappa shape index (κ1) is 20.4. The molecule has 0 unspecified atom stereocenters. The Kier molecular flexibility index (Phi) is 7.08. The number of hydrogen-bond acceptors (Lipinski definition) is 3. The van der Waals surface area contributed by atoms with Crippen LogP contribution in [0.4, 0.5) is 0 Å². The van der Waals surface area contributed by atoms with E-state index in [1.54, 1.807) is 27.2 Å². The molecule has 0 aromatic carbocycles. The maximum Gasteiger partial charge on any atom is 0.0594 e. The molecule has 0 spiro atoms. The van der Waals surface area contributed by atoms with Crippen molar-refractivity contribution in [1.82, 2.24) is 4.90 Å². The van der Waals surface area contributed by atoms with Crippen LogP contribution in [0.15, 0.2) is 28.2 Å². The van der Waals surface area contributed by atoms with Crippen LogP contribution in [0.3, 0.4) is 0 Å². The van der Waals surface area contributed by atoms with E-state index in [2.05, 4.69) is 30.2 Å². The third-order valence-corrected chi connectivity index (χ3v) is 7.64. The minimum atomic E-state index is 0.817. The van der Waals surface area contributed by atoms with Crippen molar-refractivity contribution in [2.45, 2.75) is 71.6 Å². The highest BCUT2D eigenvalue weighted by molar-refractivity contribution is 7.10. The average Bonchev–Trinajstić information content (AvgIpc) is 3.46. The summed E-state index contributed by atoms with van der Waals surface area (Å²) in [5.74, 6) is 0.817. The lowest BCUT2D eigenvalue weighted by atomic mass is 9.77.